The smallest absolute Gasteiger partial charge is 0.306 e. The molecule has 1 saturated heterocycles. The van der Waals surface area contributed by atoms with Gasteiger partial charge in [0.2, 0.25) is 0 Å². The fourth-order valence-electron chi connectivity index (χ4n) is 7.15. The lowest BCUT2D eigenvalue weighted by molar-refractivity contribution is -0.305. The van der Waals surface area contributed by atoms with Gasteiger partial charge in [-0.3, -0.25) is 4.79 Å². The highest BCUT2D eigenvalue weighted by Gasteiger charge is 2.44. The number of allylic oxidation sites excluding steroid dienone is 6. The van der Waals surface area contributed by atoms with Gasteiger partial charge in [0, 0.05) is 13.0 Å². The molecule has 1 aliphatic rings. The molecule has 6 atom stereocenters. The summed E-state index contributed by atoms with van der Waals surface area (Å²) in [5, 5.41) is 40.1. The van der Waals surface area contributed by atoms with Crippen molar-refractivity contribution in [3.8, 4) is 0 Å². The largest absolute Gasteiger partial charge is 0.457 e. The lowest BCUT2D eigenvalue weighted by Crippen LogP contribution is -2.59. The molecule has 0 radical (unpaired) electrons. The van der Waals surface area contributed by atoms with Crippen LogP contribution in [0.5, 0.6) is 0 Å². The molecule has 6 unspecified atom stereocenters. The van der Waals surface area contributed by atoms with Gasteiger partial charge in [-0.05, 0) is 44.9 Å². The SMILES string of the molecule is CC/C=C\C/C=C\C/C=C\CCCCCCCCOCC(COC1OC(CO)C(O)C(O)C1O)OC(=O)CCCCCCCCCCCCCCCCCCCC. The van der Waals surface area contributed by atoms with E-state index in [1.54, 1.807) is 0 Å². The average Bonchev–Trinajstić information content (AvgIpc) is 3.21. The minimum Gasteiger partial charge on any atom is -0.457 e. The monoisotopic (exact) mass is 809 g/mol. The van der Waals surface area contributed by atoms with Gasteiger partial charge in [0.05, 0.1) is 19.8 Å². The number of rotatable bonds is 40. The Morgan fingerprint density at radius 3 is 1.61 bits per heavy atom. The molecule has 0 aliphatic carbocycles. The van der Waals surface area contributed by atoms with Crippen molar-refractivity contribution >= 4 is 5.97 Å². The summed E-state index contributed by atoms with van der Waals surface area (Å²) in [4.78, 5) is 12.8. The first-order valence-corrected chi connectivity index (χ1v) is 23.6. The van der Waals surface area contributed by atoms with Crippen LogP contribution >= 0.6 is 0 Å². The van der Waals surface area contributed by atoms with Crippen LogP contribution in [0.15, 0.2) is 36.5 Å². The first-order valence-electron chi connectivity index (χ1n) is 23.6. The average molecular weight is 809 g/mol. The Labute approximate surface area is 349 Å². The Morgan fingerprint density at radius 2 is 1.07 bits per heavy atom. The van der Waals surface area contributed by atoms with Crippen LogP contribution in [0, 0.1) is 0 Å². The molecule has 0 bridgehead atoms. The Balaban J connectivity index is 2.24. The second kappa shape index (κ2) is 39.8. The fourth-order valence-corrected chi connectivity index (χ4v) is 7.15. The van der Waals surface area contributed by atoms with E-state index in [0.29, 0.717) is 13.0 Å². The third-order valence-electron chi connectivity index (χ3n) is 10.8. The van der Waals surface area contributed by atoms with E-state index in [2.05, 4.69) is 50.3 Å². The molecule has 334 valence electrons. The zero-order valence-corrected chi connectivity index (χ0v) is 36.6. The second-order valence-corrected chi connectivity index (χ2v) is 16.2. The summed E-state index contributed by atoms with van der Waals surface area (Å²) < 4.78 is 22.8. The number of esters is 1. The van der Waals surface area contributed by atoms with Crippen LogP contribution in [0.2, 0.25) is 0 Å². The van der Waals surface area contributed by atoms with Crippen molar-refractivity contribution in [1.29, 1.82) is 0 Å². The third-order valence-corrected chi connectivity index (χ3v) is 10.8. The van der Waals surface area contributed by atoms with E-state index < -0.39 is 43.4 Å². The van der Waals surface area contributed by atoms with E-state index >= 15 is 0 Å². The van der Waals surface area contributed by atoms with E-state index in [4.69, 9.17) is 18.9 Å². The van der Waals surface area contributed by atoms with E-state index in [1.165, 1.54) is 116 Å². The van der Waals surface area contributed by atoms with Gasteiger partial charge in [0.25, 0.3) is 0 Å². The summed E-state index contributed by atoms with van der Waals surface area (Å²) in [6.45, 7) is 4.44. The standard InChI is InChI=1S/C48H88O9/c1-3-5-7-9-11-13-15-17-19-21-22-23-25-27-29-31-33-35-37-44(50)56-42(41-55-48-47(53)46(52)45(51)43(39-49)57-48)40-54-38-36-34-32-30-28-26-24-20-18-16-14-12-10-8-6-4-2/h6,8,12,14,18,20,42-43,45-49,51-53H,3-5,7,9-11,13,15-17,19,21-41H2,1-2H3/b8-6-,14-12-,20-18-. The number of unbranched alkanes of at least 4 members (excludes halogenated alkanes) is 23. The predicted octanol–water partition coefficient (Wildman–Crippen LogP) is 10.8. The van der Waals surface area contributed by atoms with Crippen molar-refractivity contribution in [2.45, 2.75) is 237 Å². The zero-order chi connectivity index (χ0) is 41.4. The maximum Gasteiger partial charge on any atom is 0.306 e. The number of carbonyl (C=O) groups is 1. The van der Waals surface area contributed by atoms with Gasteiger partial charge in [0.15, 0.2) is 6.29 Å². The van der Waals surface area contributed by atoms with Gasteiger partial charge in [-0.1, -0.05) is 185 Å². The molecule has 1 fully saturated rings. The van der Waals surface area contributed by atoms with Crippen LogP contribution in [-0.2, 0) is 23.7 Å². The summed E-state index contributed by atoms with van der Waals surface area (Å²) in [6, 6.07) is 0. The summed E-state index contributed by atoms with van der Waals surface area (Å²) in [5.41, 5.74) is 0. The lowest BCUT2D eigenvalue weighted by Gasteiger charge is -2.39. The molecule has 0 aromatic heterocycles. The van der Waals surface area contributed by atoms with Crippen molar-refractivity contribution in [1.82, 2.24) is 0 Å². The molecule has 0 saturated carbocycles. The maximum atomic E-state index is 12.8. The summed E-state index contributed by atoms with van der Waals surface area (Å²) in [7, 11) is 0. The lowest BCUT2D eigenvalue weighted by atomic mass is 9.99. The van der Waals surface area contributed by atoms with Crippen molar-refractivity contribution in [3.63, 3.8) is 0 Å². The Bertz CT molecular complexity index is 968. The number of hydrogen-bond donors (Lipinski definition) is 4. The van der Waals surface area contributed by atoms with Gasteiger partial charge >= 0.3 is 5.97 Å². The van der Waals surface area contributed by atoms with Gasteiger partial charge < -0.3 is 39.4 Å². The van der Waals surface area contributed by atoms with Crippen molar-refractivity contribution in [3.05, 3.63) is 36.5 Å². The van der Waals surface area contributed by atoms with Gasteiger partial charge in [-0.15, -0.1) is 0 Å². The van der Waals surface area contributed by atoms with E-state index in [1.807, 2.05) is 0 Å². The van der Waals surface area contributed by atoms with Crippen molar-refractivity contribution in [2.75, 3.05) is 26.4 Å². The molecule has 0 aromatic carbocycles. The number of aliphatic hydroxyl groups is 4. The topological polar surface area (TPSA) is 135 Å². The highest BCUT2D eigenvalue weighted by molar-refractivity contribution is 5.69. The van der Waals surface area contributed by atoms with Gasteiger partial charge in [0.1, 0.15) is 30.5 Å². The van der Waals surface area contributed by atoms with Gasteiger partial charge in [-0.2, -0.15) is 0 Å². The molecular weight excluding hydrogens is 721 g/mol. The van der Waals surface area contributed by atoms with E-state index in [9.17, 15) is 25.2 Å². The quantitative estimate of drug-likeness (QED) is 0.0271. The highest BCUT2D eigenvalue weighted by Crippen LogP contribution is 2.23. The first kappa shape index (κ1) is 53.4. The second-order valence-electron chi connectivity index (χ2n) is 16.2. The van der Waals surface area contributed by atoms with Crippen LogP contribution in [0.3, 0.4) is 0 Å². The Hall–Kier alpha value is -1.59. The number of carbonyl (C=O) groups excluding carboxylic acids is 1. The van der Waals surface area contributed by atoms with Crippen LogP contribution < -0.4 is 0 Å². The van der Waals surface area contributed by atoms with Crippen LogP contribution in [0.25, 0.3) is 0 Å². The van der Waals surface area contributed by atoms with Crippen LogP contribution in [0.4, 0.5) is 0 Å². The molecule has 0 aromatic rings. The van der Waals surface area contributed by atoms with Crippen LogP contribution in [0.1, 0.15) is 200 Å². The molecule has 0 amide bonds. The molecule has 4 N–H and O–H groups in total. The Morgan fingerprint density at radius 1 is 0.579 bits per heavy atom. The van der Waals surface area contributed by atoms with Crippen molar-refractivity contribution in [2.24, 2.45) is 0 Å². The van der Waals surface area contributed by atoms with Crippen molar-refractivity contribution < 1.29 is 44.2 Å². The van der Waals surface area contributed by atoms with E-state index in [0.717, 1.165) is 64.2 Å². The highest BCUT2D eigenvalue weighted by atomic mass is 16.7. The minimum atomic E-state index is -1.54. The third kappa shape index (κ3) is 31.0. The number of hydrogen-bond acceptors (Lipinski definition) is 9. The molecule has 1 rings (SSSR count). The molecule has 9 heteroatoms. The van der Waals surface area contributed by atoms with E-state index in [-0.39, 0.29) is 19.2 Å². The minimum absolute atomic E-state index is 0.116. The zero-order valence-electron chi connectivity index (χ0n) is 36.6. The summed E-state index contributed by atoms with van der Waals surface area (Å²) in [5.74, 6) is -0.316. The molecule has 9 nitrogen and oxygen atoms in total. The normalized spacial score (nSPS) is 20.7. The van der Waals surface area contributed by atoms with Gasteiger partial charge in [-0.25, -0.2) is 0 Å². The van der Waals surface area contributed by atoms with Crippen LogP contribution in [-0.4, -0.2) is 89.6 Å². The fraction of sp³-hybridized carbons (Fsp3) is 0.854. The molecule has 1 aliphatic heterocycles. The first-order chi connectivity index (χ1) is 27.9. The summed E-state index contributed by atoms with van der Waals surface area (Å²) in [6.07, 6.45) is 40.3. The maximum absolute atomic E-state index is 12.8. The predicted molar refractivity (Wildman–Crippen MR) is 233 cm³/mol. The Kier molecular flexibility index (Phi) is 37.4. The number of ether oxygens (including phenoxy) is 4. The number of aliphatic hydroxyl groups excluding tert-OH is 4. The molecular formula is C48H88O9. The molecule has 1 heterocycles. The molecule has 0 spiro atoms. The summed E-state index contributed by atoms with van der Waals surface area (Å²) >= 11 is 0. The molecule has 57 heavy (non-hydrogen) atoms.